The number of nitrogens with zero attached hydrogens (tertiary/aromatic N) is 3. The van der Waals surface area contributed by atoms with Crippen LogP contribution in [0.3, 0.4) is 0 Å². The second kappa shape index (κ2) is 8.86. The van der Waals surface area contributed by atoms with E-state index in [1.54, 1.807) is 36.1 Å². The van der Waals surface area contributed by atoms with Crippen LogP contribution in [0.1, 0.15) is 35.3 Å². The molecule has 9 heteroatoms. The van der Waals surface area contributed by atoms with Crippen LogP contribution >= 0.6 is 0 Å². The number of aryl methyl sites for hydroxylation is 2. The Balaban J connectivity index is 2.14. The van der Waals surface area contributed by atoms with Gasteiger partial charge in [-0.1, -0.05) is 0 Å². The van der Waals surface area contributed by atoms with Crippen molar-refractivity contribution in [2.45, 2.75) is 33.0 Å². The van der Waals surface area contributed by atoms with Crippen molar-refractivity contribution in [1.29, 1.82) is 0 Å². The molecule has 0 saturated carbocycles. The van der Waals surface area contributed by atoms with Gasteiger partial charge in [0.2, 0.25) is 6.41 Å². The minimum absolute atomic E-state index is 0.0687. The molecule has 0 unspecified atom stereocenters. The first-order valence-corrected chi connectivity index (χ1v) is 9.88. The van der Waals surface area contributed by atoms with E-state index in [9.17, 15) is 22.8 Å². The second-order valence-electron chi connectivity index (χ2n) is 7.71. The molecule has 1 heterocycles. The molecule has 6 nitrogen and oxygen atoms in total. The summed E-state index contributed by atoms with van der Waals surface area (Å²) in [6, 6.07) is 9.01. The Morgan fingerprint density at radius 3 is 2.31 bits per heavy atom. The highest BCUT2D eigenvalue weighted by molar-refractivity contribution is 6.00. The second-order valence-corrected chi connectivity index (χ2v) is 7.71. The summed E-state index contributed by atoms with van der Waals surface area (Å²) in [6.07, 6.45) is -2.16. The van der Waals surface area contributed by atoms with Gasteiger partial charge in [0.05, 0.1) is 16.9 Å². The molecule has 0 fully saturated rings. The molecule has 2 aromatic carbocycles. The molecule has 0 spiro atoms. The van der Waals surface area contributed by atoms with Crippen molar-refractivity contribution in [1.82, 2.24) is 15.1 Å². The summed E-state index contributed by atoms with van der Waals surface area (Å²) < 4.78 is 40.4. The van der Waals surface area contributed by atoms with E-state index in [2.05, 4.69) is 10.4 Å². The van der Waals surface area contributed by atoms with Gasteiger partial charge in [-0.15, -0.1) is 0 Å². The Morgan fingerprint density at radius 2 is 1.81 bits per heavy atom. The first-order chi connectivity index (χ1) is 15.0. The average Bonchev–Trinajstić information content (AvgIpc) is 3.05. The van der Waals surface area contributed by atoms with Crippen LogP contribution in [0, 0.1) is 6.92 Å². The van der Waals surface area contributed by atoms with E-state index in [4.69, 9.17) is 0 Å². The smallest absolute Gasteiger partial charge is 0.350 e. The summed E-state index contributed by atoms with van der Waals surface area (Å²) >= 11 is 0. The highest BCUT2D eigenvalue weighted by Crippen LogP contribution is 2.37. The van der Waals surface area contributed by atoms with Crippen LogP contribution in [0.2, 0.25) is 0 Å². The van der Waals surface area contributed by atoms with E-state index >= 15 is 0 Å². The van der Waals surface area contributed by atoms with Crippen LogP contribution in [0.15, 0.2) is 48.7 Å². The van der Waals surface area contributed by atoms with Gasteiger partial charge in [0.1, 0.15) is 0 Å². The van der Waals surface area contributed by atoms with Gasteiger partial charge in [0.25, 0.3) is 5.91 Å². The first-order valence-electron chi connectivity index (χ1n) is 9.88. The fraction of sp³-hybridized carbons (Fsp3) is 0.261. The number of alkyl halides is 3. The molecular formula is C23H23F3N4O2. The topological polar surface area (TPSA) is 67.2 Å². The highest BCUT2D eigenvalue weighted by atomic mass is 19.4. The molecule has 0 aliphatic carbocycles. The van der Waals surface area contributed by atoms with Crippen LogP contribution in [0.4, 0.5) is 24.5 Å². The van der Waals surface area contributed by atoms with Gasteiger partial charge < -0.3 is 5.32 Å². The number of hydrogen-bond donors (Lipinski definition) is 1. The molecule has 0 aliphatic heterocycles. The van der Waals surface area contributed by atoms with Crippen molar-refractivity contribution in [3.63, 3.8) is 0 Å². The van der Waals surface area contributed by atoms with E-state index in [1.165, 1.54) is 17.0 Å². The van der Waals surface area contributed by atoms with E-state index in [1.807, 2.05) is 20.8 Å². The van der Waals surface area contributed by atoms with Crippen LogP contribution in [0.25, 0.3) is 11.3 Å². The zero-order valence-electron chi connectivity index (χ0n) is 18.1. The number of rotatable bonds is 6. The van der Waals surface area contributed by atoms with E-state index in [-0.39, 0.29) is 17.6 Å². The van der Waals surface area contributed by atoms with Crippen LogP contribution in [0.5, 0.6) is 0 Å². The Kier molecular flexibility index (Phi) is 6.38. The molecule has 0 atom stereocenters. The lowest BCUT2D eigenvalue weighted by molar-refractivity contribution is -0.137. The quantitative estimate of drug-likeness (QED) is 0.553. The third kappa shape index (κ3) is 4.82. The largest absolute Gasteiger partial charge is 0.416 e. The van der Waals surface area contributed by atoms with Crippen LogP contribution < -0.4 is 10.2 Å². The summed E-state index contributed by atoms with van der Waals surface area (Å²) in [5, 5.41) is 7.27. The minimum atomic E-state index is -4.48. The summed E-state index contributed by atoms with van der Waals surface area (Å²) in [5.74, 6) is -0.284. The molecule has 1 N–H and O–H groups in total. The lowest BCUT2D eigenvalue weighted by atomic mass is 10.0. The van der Waals surface area contributed by atoms with Gasteiger partial charge in [-0.3, -0.25) is 19.2 Å². The lowest BCUT2D eigenvalue weighted by Crippen LogP contribution is -2.30. The standard InChI is InChI=1S/C23H23F3N4O2/c1-14(2)27-22(32)16-5-10-20(19(11-16)21-15(3)12-29(4)28-21)30(13-31)18-8-6-17(7-9-18)23(24,25)26/h5-14H,1-4H3,(H,27,32). The normalized spacial score (nSPS) is 11.5. The third-order valence-electron chi connectivity index (χ3n) is 4.78. The fourth-order valence-corrected chi connectivity index (χ4v) is 3.36. The SMILES string of the molecule is Cc1cn(C)nc1-c1cc(C(=O)NC(C)C)ccc1N(C=O)c1ccc(C(F)(F)F)cc1. The lowest BCUT2D eigenvalue weighted by Gasteiger charge is -2.22. The van der Waals surface area contributed by atoms with Crippen molar-refractivity contribution in [3.05, 3.63) is 65.4 Å². The molecule has 2 amide bonds. The molecule has 1 aromatic heterocycles. The summed E-state index contributed by atoms with van der Waals surface area (Å²) in [7, 11) is 1.75. The van der Waals surface area contributed by atoms with E-state index in [0.717, 1.165) is 17.7 Å². The number of amides is 2. The van der Waals surface area contributed by atoms with E-state index in [0.29, 0.717) is 28.9 Å². The molecule has 168 valence electrons. The number of nitrogens with one attached hydrogen (secondary N) is 1. The Labute approximate surface area is 183 Å². The third-order valence-corrected chi connectivity index (χ3v) is 4.78. The van der Waals surface area contributed by atoms with Gasteiger partial charge in [0.15, 0.2) is 0 Å². The molecule has 3 aromatic rings. The Bertz CT molecular complexity index is 1140. The molecule has 3 rings (SSSR count). The molecule has 0 saturated heterocycles. The number of benzene rings is 2. The average molecular weight is 444 g/mol. The fourth-order valence-electron chi connectivity index (χ4n) is 3.36. The number of carbonyl (C=O) groups excluding carboxylic acids is 2. The van der Waals surface area contributed by atoms with Gasteiger partial charge in [-0.05, 0) is 68.8 Å². The van der Waals surface area contributed by atoms with Gasteiger partial charge in [-0.2, -0.15) is 18.3 Å². The number of anilines is 2. The van der Waals surface area contributed by atoms with E-state index < -0.39 is 11.7 Å². The first kappa shape index (κ1) is 23.1. The van der Waals surface area contributed by atoms with Crippen LogP contribution in [-0.4, -0.2) is 28.1 Å². The maximum Gasteiger partial charge on any atom is 0.416 e. The minimum Gasteiger partial charge on any atom is -0.350 e. The summed E-state index contributed by atoms with van der Waals surface area (Å²) in [6.45, 7) is 5.53. The van der Waals surface area contributed by atoms with Gasteiger partial charge >= 0.3 is 6.18 Å². The molecule has 0 aliphatic rings. The van der Waals surface area contributed by atoms with Crippen molar-refractivity contribution < 1.29 is 22.8 Å². The molecular weight excluding hydrogens is 421 g/mol. The van der Waals surface area contributed by atoms with Crippen LogP contribution in [-0.2, 0) is 18.0 Å². The van der Waals surface area contributed by atoms with Crippen molar-refractivity contribution >= 4 is 23.7 Å². The maximum atomic E-state index is 12.9. The summed E-state index contributed by atoms with van der Waals surface area (Å²) in [5.41, 5.74) is 2.08. The van der Waals surface area contributed by atoms with Crippen molar-refractivity contribution in [2.75, 3.05) is 4.90 Å². The molecule has 0 bridgehead atoms. The molecule has 0 radical (unpaired) electrons. The summed E-state index contributed by atoms with van der Waals surface area (Å²) in [4.78, 5) is 25.8. The van der Waals surface area contributed by atoms with Crippen molar-refractivity contribution in [3.8, 4) is 11.3 Å². The zero-order chi connectivity index (χ0) is 23.6. The van der Waals surface area contributed by atoms with Gasteiger partial charge in [0, 0.05) is 36.1 Å². The van der Waals surface area contributed by atoms with Crippen molar-refractivity contribution in [2.24, 2.45) is 7.05 Å². The zero-order valence-corrected chi connectivity index (χ0v) is 18.1. The Morgan fingerprint density at radius 1 is 1.16 bits per heavy atom. The number of carbonyl (C=O) groups is 2. The number of aromatic nitrogens is 2. The maximum absolute atomic E-state index is 12.9. The predicted molar refractivity (Wildman–Crippen MR) is 116 cm³/mol. The number of halogens is 3. The molecule has 32 heavy (non-hydrogen) atoms. The predicted octanol–water partition coefficient (Wildman–Crippen LogP) is 4.85. The number of hydrogen-bond acceptors (Lipinski definition) is 3. The monoisotopic (exact) mass is 444 g/mol. The Hall–Kier alpha value is -3.62. The highest BCUT2D eigenvalue weighted by Gasteiger charge is 2.30. The van der Waals surface area contributed by atoms with Gasteiger partial charge in [-0.25, -0.2) is 0 Å².